The number of hydrogen-bond acceptors (Lipinski definition) is 6. The number of aliphatic hydroxyl groups excluding tert-OH is 1. The van der Waals surface area contributed by atoms with Gasteiger partial charge in [-0.1, -0.05) is 13.8 Å². The van der Waals surface area contributed by atoms with Gasteiger partial charge in [0.2, 0.25) is 5.95 Å². The first kappa shape index (κ1) is 19.7. The van der Waals surface area contributed by atoms with Crippen molar-refractivity contribution < 1.29 is 9.50 Å². The number of hydrogen-bond donors (Lipinski definition) is 3. The summed E-state index contributed by atoms with van der Waals surface area (Å²) in [6, 6.07) is 9.93. The van der Waals surface area contributed by atoms with E-state index >= 15 is 0 Å². The highest BCUT2D eigenvalue weighted by Crippen LogP contribution is 2.25. The fourth-order valence-corrected chi connectivity index (χ4v) is 2.73. The fraction of sp³-hybridized carbons (Fsp3) is 0.286. The van der Waals surface area contributed by atoms with E-state index in [1.54, 1.807) is 18.5 Å². The lowest BCUT2D eigenvalue weighted by atomic mass is 10.1. The maximum absolute atomic E-state index is 13.4. The molecule has 0 radical (unpaired) electrons. The zero-order chi connectivity index (χ0) is 20.1. The Labute approximate surface area is 163 Å². The zero-order valence-electron chi connectivity index (χ0n) is 16.1. The van der Waals surface area contributed by atoms with Gasteiger partial charge in [-0.25, -0.2) is 9.37 Å². The Morgan fingerprint density at radius 3 is 2.61 bits per heavy atom. The van der Waals surface area contributed by atoms with Gasteiger partial charge in [-0.3, -0.25) is 4.98 Å². The quantitative estimate of drug-likeness (QED) is 0.570. The molecule has 3 aromatic rings. The molecule has 0 spiro atoms. The third kappa shape index (κ3) is 4.80. The standard InChI is InChI=1S/C21H24FN5O/c1-13(2)19(12-28)26-21-25-18(15-5-4-8-23-11-15)10-20(27-21)24-17-7-6-16(22)9-14(17)3/h4-11,13,19,28H,12H2,1-3H3,(H2,24,25,26,27)/t19-/m0/s1. The van der Waals surface area contributed by atoms with E-state index in [1.807, 2.05) is 39.0 Å². The lowest BCUT2D eigenvalue weighted by molar-refractivity contribution is 0.248. The third-order valence-corrected chi connectivity index (χ3v) is 4.45. The van der Waals surface area contributed by atoms with Crippen LogP contribution in [-0.2, 0) is 0 Å². The number of benzene rings is 1. The molecule has 0 amide bonds. The van der Waals surface area contributed by atoms with Gasteiger partial charge in [0.15, 0.2) is 0 Å². The number of nitrogens with one attached hydrogen (secondary N) is 2. The van der Waals surface area contributed by atoms with E-state index in [9.17, 15) is 9.50 Å². The smallest absolute Gasteiger partial charge is 0.225 e. The number of anilines is 3. The van der Waals surface area contributed by atoms with Gasteiger partial charge in [0.25, 0.3) is 0 Å². The van der Waals surface area contributed by atoms with Crippen molar-refractivity contribution >= 4 is 17.5 Å². The van der Waals surface area contributed by atoms with Crippen LogP contribution in [0.4, 0.5) is 21.8 Å². The van der Waals surface area contributed by atoms with Crippen LogP contribution >= 0.6 is 0 Å². The van der Waals surface area contributed by atoms with Crippen LogP contribution < -0.4 is 10.6 Å². The molecule has 7 heteroatoms. The van der Waals surface area contributed by atoms with Crippen LogP contribution in [0.2, 0.25) is 0 Å². The molecule has 3 rings (SSSR count). The normalized spacial score (nSPS) is 12.1. The highest BCUT2D eigenvalue weighted by molar-refractivity contribution is 5.68. The molecule has 0 unspecified atom stereocenters. The molecule has 3 N–H and O–H groups in total. The number of nitrogens with zero attached hydrogens (tertiary/aromatic N) is 3. The van der Waals surface area contributed by atoms with E-state index in [0.717, 1.165) is 16.8 Å². The predicted molar refractivity (Wildman–Crippen MR) is 109 cm³/mol. The molecule has 0 aliphatic rings. The number of aliphatic hydroxyl groups is 1. The van der Waals surface area contributed by atoms with E-state index < -0.39 is 0 Å². The van der Waals surface area contributed by atoms with Crippen LogP contribution in [0.5, 0.6) is 0 Å². The fourth-order valence-electron chi connectivity index (χ4n) is 2.73. The van der Waals surface area contributed by atoms with E-state index in [4.69, 9.17) is 0 Å². The maximum atomic E-state index is 13.4. The summed E-state index contributed by atoms with van der Waals surface area (Å²) in [7, 11) is 0. The summed E-state index contributed by atoms with van der Waals surface area (Å²) in [6.45, 7) is 5.83. The molecule has 0 bridgehead atoms. The molecule has 28 heavy (non-hydrogen) atoms. The first-order valence-electron chi connectivity index (χ1n) is 9.16. The first-order chi connectivity index (χ1) is 13.5. The molecule has 6 nitrogen and oxygen atoms in total. The van der Waals surface area contributed by atoms with Crippen LogP contribution in [0.25, 0.3) is 11.3 Å². The van der Waals surface area contributed by atoms with Crippen LogP contribution in [0.1, 0.15) is 19.4 Å². The van der Waals surface area contributed by atoms with Gasteiger partial charge in [-0.2, -0.15) is 4.98 Å². The second-order valence-electron chi connectivity index (χ2n) is 6.97. The monoisotopic (exact) mass is 381 g/mol. The van der Waals surface area contributed by atoms with Crippen LogP contribution in [-0.4, -0.2) is 32.7 Å². The minimum absolute atomic E-state index is 0.0298. The maximum Gasteiger partial charge on any atom is 0.225 e. The molecule has 1 aromatic carbocycles. The summed E-state index contributed by atoms with van der Waals surface area (Å²) in [6.07, 6.45) is 3.43. The Balaban J connectivity index is 1.99. The lowest BCUT2D eigenvalue weighted by Crippen LogP contribution is -2.30. The SMILES string of the molecule is Cc1cc(F)ccc1Nc1cc(-c2cccnc2)nc(N[C@@H](CO)C(C)C)n1. The van der Waals surface area contributed by atoms with Gasteiger partial charge in [0.1, 0.15) is 11.6 Å². The number of aromatic nitrogens is 3. The van der Waals surface area contributed by atoms with Crippen molar-refractivity contribution in [3.8, 4) is 11.3 Å². The van der Waals surface area contributed by atoms with E-state index in [0.29, 0.717) is 17.5 Å². The lowest BCUT2D eigenvalue weighted by Gasteiger charge is -2.21. The molecule has 146 valence electrons. The molecule has 0 saturated carbocycles. The summed E-state index contributed by atoms with van der Waals surface area (Å²) < 4.78 is 13.4. The molecule has 0 aliphatic heterocycles. The summed E-state index contributed by atoms with van der Waals surface area (Å²) in [5, 5.41) is 16.1. The van der Waals surface area contributed by atoms with Crippen LogP contribution in [0, 0.1) is 18.7 Å². The summed E-state index contributed by atoms with van der Waals surface area (Å²) in [4.78, 5) is 13.3. The van der Waals surface area contributed by atoms with E-state index in [1.165, 1.54) is 12.1 Å². The molecule has 2 aromatic heterocycles. The number of rotatable bonds is 7. The van der Waals surface area contributed by atoms with Crippen LogP contribution in [0.15, 0.2) is 48.8 Å². The highest BCUT2D eigenvalue weighted by atomic mass is 19.1. The largest absolute Gasteiger partial charge is 0.394 e. The van der Waals surface area contributed by atoms with Crippen LogP contribution in [0.3, 0.4) is 0 Å². The number of aryl methyl sites for hydroxylation is 1. The highest BCUT2D eigenvalue weighted by Gasteiger charge is 2.15. The van der Waals surface area contributed by atoms with Crippen molar-refractivity contribution in [1.29, 1.82) is 0 Å². The minimum atomic E-state index is -0.285. The molecule has 0 aliphatic carbocycles. The van der Waals surface area contributed by atoms with Gasteiger partial charge >= 0.3 is 0 Å². The molecule has 0 fully saturated rings. The van der Waals surface area contributed by atoms with Crippen molar-refractivity contribution in [3.05, 3.63) is 60.2 Å². The molecule has 0 saturated heterocycles. The average Bonchev–Trinajstić information content (AvgIpc) is 2.68. The Kier molecular flexibility index (Phi) is 6.16. The Morgan fingerprint density at radius 2 is 1.96 bits per heavy atom. The average molecular weight is 381 g/mol. The predicted octanol–water partition coefficient (Wildman–Crippen LogP) is 4.16. The number of halogens is 1. The second-order valence-corrected chi connectivity index (χ2v) is 6.97. The van der Waals surface area contributed by atoms with Crippen molar-refractivity contribution in [3.63, 3.8) is 0 Å². The van der Waals surface area contributed by atoms with Crippen molar-refractivity contribution in [2.75, 3.05) is 17.2 Å². The summed E-state index contributed by atoms with van der Waals surface area (Å²) in [5.74, 6) is 0.876. The number of pyridine rings is 1. The zero-order valence-corrected chi connectivity index (χ0v) is 16.1. The topological polar surface area (TPSA) is 83.0 Å². The summed E-state index contributed by atoms with van der Waals surface area (Å²) in [5.41, 5.74) is 3.06. The van der Waals surface area contributed by atoms with Gasteiger partial charge in [0, 0.05) is 29.7 Å². The van der Waals surface area contributed by atoms with Gasteiger partial charge < -0.3 is 15.7 Å². The Hall–Kier alpha value is -3.06. The molecular formula is C21H24FN5O. The van der Waals surface area contributed by atoms with Gasteiger partial charge in [0.05, 0.1) is 18.3 Å². The third-order valence-electron chi connectivity index (χ3n) is 4.45. The van der Waals surface area contributed by atoms with E-state index in [2.05, 4.69) is 25.6 Å². The Morgan fingerprint density at radius 1 is 1.14 bits per heavy atom. The molecule has 2 heterocycles. The molecular weight excluding hydrogens is 357 g/mol. The summed E-state index contributed by atoms with van der Waals surface area (Å²) >= 11 is 0. The minimum Gasteiger partial charge on any atom is -0.394 e. The Bertz CT molecular complexity index is 933. The van der Waals surface area contributed by atoms with Crippen molar-refractivity contribution in [2.45, 2.75) is 26.8 Å². The first-order valence-corrected chi connectivity index (χ1v) is 9.16. The van der Waals surface area contributed by atoms with Crippen molar-refractivity contribution in [2.24, 2.45) is 5.92 Å². The van der Waals surface area contributed by atoms with Crippen molar-refractivity contribution in [1.82, 2.24) is 15.0 Å². The van der Waals surface area contributed by atoms with Gasteiger partial charge in [-0.15, -0.1) is 0 Å². The van der Waals surface area contributed by atoms with Gasteiger partial charge in [-0.05, 0) is 48.7 Å². The second kappa shape index (κ2) is 8.75. The molecule has 1 atom stereocenters. The van der Waals surface area contributed by atoms with E-state index in [-0.39, 0.29) is 24.4 Å².